The number of carboxylic acids is 1. The van der Waals surface area contributed by atoms with Gasteiger partial charge < -0.3 is 15.5 Å². The Bertz CT molecular complexity index is 623. The first-order valence-electron chi connectivity index (χ1n) is 6.79. The van der Waals surface area contributed by atoms with Crippen LogP contribution in [0, 0.1) is 0 Å². The van der Waals surface area contributed by atoms with Crippen molar-refractivity contribution in [3.8, 4) is 0 Å². The fourth-order valence-electron chi connectivity index (χ4n) is 2.43. The van der Waals surface area contributed by atoms with E-state index in [1.54, 1.807) is 6.92 Å². The smallest absolute Gasteiger partial charge is 0.418 e. The highest BCUT2D eigenvalue weighted by Gasteiger charge is 2.35. The van der Waals surface area contributed by atoms with Gasteiger partial charge in [-0.3, -0.25) is 0 Å². The minimum Gasteiger partial charge on any atom is -0.478 e. The Morgan fingerprint density at radius 2 is 2.05 bits per heavy atom. The minimum absolute atomic E-state index is 0.207. The summed E-state index contributed by atoms with van der Waals surface area (Å²) in [5.74, 6) is -1.42. The number of aromatic carboxylic acids is 1. The first-order valence-corrected chi connectivity index (χ1v) is 6.79. The van der Waals surface area contributed by atoms with Crippen LogP contribution in [0.3, 0.4) is 0 Å². The number of aliphatic hydroxyl groups is 1. The molecule has 0 aliphatic heterocycles. The van der Waals surface area contributed by atoms with Crippen LogP contribution in [0.1, 0.15) is 42.1 Å². The summed E-state index contributed by atoms with van der Waals surface area (Å²) in [6.07, 6.45) is -3.53. The quantitative estimate of drug-likeness (QED) is 0.796. The summed E-state index contributed by atoms with van der Waals surface area (Å²) >= 11 is 0. The molecule has 120 valence electrons. The summed E-state index contributed by atoms with van der Waals surface area (Å²) in [5.41, 5.74) is -0.505. The summed E-state index contributed by atoms with van der Waals surface area (Å²) in [5, 5.41) is 21.3. The van der Waals surface area contributed by atoms with Gasteiger partial charge in [0.05, 0.1) is 22.9 Å². The number of carbonyl (C=O) groups is 1. The molecule has 0 fully saturated rings. The number of benzene rings is 1. The lowest BCUT2D eigenvalue weighted by Crippen LogP contribution is -2.20. The molecule has 2 rings (SSSR count). The Morgan fingerprint density at radius 1 is 1.36 bits per heavy atom. The molecule has 4 nitrogen and oxygen atoms in total. The van der Waals surface area contributed by atoms with Crippen LogP contribution in [0.2, 0.25) is 0 Å². The van der Waals surface area contributed by atoms with Crippen molar-refractivity contribution >= 4 is 11.7 Å². The molecular formula is C15H16F3NO3. The van der Waals surface area contributed by atoms with Crippen LogP contribution >= 0.6 is 0 Å². The first kappa shape index (κ1) is 16.4. The van der Waals surface area contributed by atoms with E-state index in [2.05, 4.69) is 5.32 Å². The molecule has 1 aliphatic carbocycles. The maximum absolute atomic E-state index is 13.1. The van der Waals surface area contributed by atoms with Gasteiger partial charge in [-0.2, -0.15) is 13.2 Å². The van der Waals surface area contributed by atoms with E-state index in [1.165, 1.54) is 0 Å². The SMILES string of the molecule is CC1=C(Nc2ccc(C(=O)O)cc2C(F)(F)F)CCCC1O. The van der Waals surface area contributed by atoms with Crippen LogP contribution in [-0.2, 0) is 6.18 Å². The number of alkyl halides is 3. The largest absolute Gasteiger partial charge is 0.478 e. The van der Waals surface area contributed by atoms with E-state index < -0.39 is 29.4 Å². The zero-order chi connectivity index (χ0) is 16.5. The molecule has 7 heteroatoms. The number of halogens is 3. The van der Waals surface area contributed by atoms with Gasteiger partial charge in [-0.15, -0.1) is 0 Å². The van der Waals surface area contributed by atoms with Gasteiger partial charge in [0.25, 0.3) is 0 Å². The third-order valence-corrected chi connectivity index (χ3v) is 3.74. The van der Waals surface area contributed by atoms with Gasteiger partial charge in [0.2, 0.25) is 0 Å². The summed E-state index contributed by atoms with van der Waals surface area (Å²) in [4.78, 5) is 10.8. The van der Waals surface area contributed by atoms with E-state index in [0.717, 1.165) is 12.1 Å². The summed E-state index contributed by atoms with van der Waals surface area (Å²) in [6, 6.07) is 2.84. The number of rotatable bonds is 3. The monoisotopic (exact) mass is 315 g/mol. The van der Waals surface area contributed by atoms with E-state index >= 15 is 0 Å². The summed E-state index contributed by atoms with van der Waals surface area (Å²) in [6.45, 7) is 1.67. The van der Waals surface area contributed by atoms with Crippen molar-refractivity contribution in [1.29, 1.82) is 0 Å². The maximum atomic E-state index is 13.1. The second-order valence-corrected chi connectivity index (χ2v) is 5.26. The number of nitrogens with one attached hydrogen (secondary N) is 1. The van der Waals surface area contributed by atoms with Crippen LogP contribution in [-0.4, -0.2) is 22.3 Å². The predicted octanol–water partition coefficient (Wildman–Crippen LogP) is 3.63. The average Bonchev–Trinajstić information content (AvgIpc) is 2.43. The number of anilines is 1. The second kappa shape index (κ2) is 6.00. The minimum atomic E-state index is -4.67. The van der Waals surface area contributed by atoms with Crippen LogP contribution in [0.5, 0.6) is 0 Å². The number of aliphatic hydroxyl groups excluding tert-OH is 1. The van der Waals surface area contributed by atoms with E-state index in [4.69, 9.17) is 5.11 Å². The van der Waals surface area contributed by atoms with Crippen molar-refractivity contribution in [2.24, 2.45) is 0 Å². The number of hydrogen-bond acceptors (Lipinski definition) is 3. The second-order valence-electron chi connectivity index (χ2n) is 5.26. The zero-order valence-corrected chi connectivity index (χ0v) is 11.9. The molecule has 22 heavy (non-hydrogen) atoms. The molecule has 0 saturated carbocycles. The molecule has 0 amide bonds. The van der Waals surface area contributed by atoms with Gasteiger partial charge in [0.1, 0.15) is 0 Å². The van der Waals surface area contributed by atoms with Crippen molar-refractivity contribution in [3.63, 3.8) is 0 Å². The highest BCUT2D eigenvalue weighted by atomic mass is 19.4. The molecule has 1 aromatic rings. The van der Waals surface area contributed by atoms with Crippen molar-refractivity contribution in [2.75, 3.05) is 5.32 Å². The van der Waals surface area contributed by atoms with E-state index in [0.29, 0.717) is 36.6 Å². The Balaban J connectivity index is 2.43. The average molecular weight is 315 g/mol. The van der Waals surface area contributed by atoms with Crippen molar-refractivity contribution in [1.82, 2.24) is 0 Å². The summed E-state index contributed by atoms with van der Waals surface area (Å²) < 4.78 is 39.4. The molecule has 0 heterocycles. The molecular weight excluding hydrogens is 299 g/mol. The third kappa shape index (κ3) is 3.41. The van der Waals surface area contributed by atoms with Crippen molar-refractivity contribution in [3.05, 3.63) is 40.6 Å². The normalized spacial score (nSPS) is 19.2. The fourth-order valence-corrected chi connectivity index (χ4v) is 2.43. The number of carboxylic acid groups (broad SMARTS) is 1. The molecule has 0 radical (unpaired) electrons. The molecule has 1 aromatic carbocycles. The van der Waals surface area contributed by atoms with Crippen LogP contribution in [0.4, 0.5) is 18.9 Å². The van der Waals surface area contributed by atoms with E-state index in [1.807, 2.05) is 0 Å². The Morgan fingerprint density at radius 3 is 2.64 bits per heavy atom. The predicted molar refractivity (Wildman–Crippen MR) is 74.6 cm³/mol. The fraction of sp³-hybridized carbons (Fsp3) is 0.400. The molecule has 3 N–H and O–H groups in total. The molecule has 0 spiro atoms. The lowest BCUT2D eigenvalue weighted by atomic mass is 9.94. The van der Waals surface area contributed by atoms with Gasteiger partial charge in [0, 0.05) is 5.70 Å². The van der Waals surface area contributed by atoms with Crippen molar-refractivity contribution < 1.29 is 28.2 Å². The molecule has 0 saturated heterocycles. The van der Waals surface area contributed by atoms with Crippen LogP contribution in [0.15, 0.2) is 29.5 Å². The Labute approximate surface area is 125 Å². The van der Waals surface area contributed by atoms with Gasteiger partial charge in [0.15, 0.2) is 0 Å². The lowest BCUT2D eigenvalue weighted by Gasteiger charge is -2.25. The van der Waals surface area contributed by atoms with Gasteiger partial charge in [-0.1, -0.05) is 0 Å². The summed E-state index contributed by atoms with van der Waals surface area (Å²) in [7, 11) is 0. The molecule has 1 aliphatic rings. The number of allylic oxidation sites excluding steroid dienone is 1. The van der Waals surface area contributed by atoms with Crippen molar-refractivity contribution in [2.45, 2.75) is 38.5 Å². The molecule has 1 atom stereocenters. The molecule has 0 aromatic heterocycles. The Kier molecular flexibility index (Phi) is 4.46. The van der Waals surface area contributed by atoms with E-state index in [9.17, 15) is 23.1 Å². The maximum Gasteiger partial charge on any atom is 0.418 e. The molecule has 0 bridgehead atoms. The zero-order valence-electron chi connectivity index (χ0n) is 11.9. The highest BCUT2D eigenvalue weighted by molar-refractivity contribution is 5.88. The van der Waals surface area contributed by atoms with Crippen LogP contribution in [0.25, 0.3) is 0 Å². The first-order chi connectivity index (χ1) is 10.2. The highest BCUT2D eigenvalue weighted by Crippen LogP contribution is 2.37. The standard InChI is InChI=1S/C15H16F3NO3/c1-8-11(3-2-4-13(8)20)19-12-6-5-9(14(21)22)7-10(12)15(16,17)18/h5-7,13,19-20H,2-4H2,1H3,(H,21,22). The third-order valence-electron chi connectivity index (χ3n) is 3.74. The molecule has 1 unspecified atom stereocenters. The van der Waals surface area contributed by atoms with Gasteiger partial charge >= 0.3 is 12.1 Å². The number of hydrogen-bond donors (Lipinski definition) is 3. The Hall–Kier alpha value is -2.02. The van der Waals surface area contributed by atoms with E-state index in [-0.39, 0.29) is 5.69 Å². The van der Waals surface area contributed by atoms with Crippen LogP contribution < -0.4 is 5.32 Å². The topological polar surface area (TPSA) is 69.6 Å². The lowest BCUT2D eigenvalue weighted by molar-refractivity contribution is -0.136. The van der Waals surface area contributed by atoms with Gasteiger partial charge in [-0.25, -0.2) is 4.79 Å². The van der Waals surface area contributed by atoms with Gasteiger partial charge in [-0.05, 0) is 50.0 Å².